The lowest BCUT2D eigenvalue weighted by atomic mass is 9.48. The minimum absolute atomic E-state index is 0.0595. The van der Waals surface area contributed by atoms with E-state index >= 15 is 0 Å². The summed E-state index contributed by atoms with van der Waals surface area (Å²) in [5.41, 5.74) is 10.4. The monoisotopic (exact) mass is 690 g/mol. The molecule has 0 unspecified atom stereocenters. The van der Waals surface area contributed by atoms with Crippen LogP contribution in [0.25, 0.3) is 67.2 Å². The molecule has 0 saturated heterocycles. The summed E-state index contributed by atoms with van der Waals surface area (Å²) in [7, 11) is 0. The van der Waals surface area contributed by atoms with Crippen LogP contribution in [0.2, 0.25) is 0 Å². The molecule has 4 saturated carbocycles. The second kappa shape index (κ2) is 12.0. The Kier molecular flexibility index (Phi) is 7.24. The Labute approximate surface area is 310 Å². The highest BCUT2D eigenvalue weighted by Crippen LogP contribution is 2.60. The number of nitrogens with zero attached hydrogens (tertiary/aromatic N) is 4. The van der Waals surface area contributed by atoms with Gasteiger partial charge in [0, 0.05) is 27.5 Å². The van der Waals surface area contributed by atoms with Crippen LogP contribution in [-0.2, 0) is 10.8 Å². The maximum atomic E-state index is 9.34. The first-order valence-corrected chi connectivity index (χ1v) is 19.1. The number of fused-ring (bicyclic) bond motifs is 3. The van der Waals surface area contributed by atoms with Crippen molar-refractivity contribution in [1.82, 2.24) is 15.0 Å². The van der Waals surface area contributed by atoms with Gasteiger partial charge in [0.05, 0.1) is 11.6 Å². The zero-order valence-electron chi connectivity index (χ0n) is 30.6. The molecule has 4 fully saturated rings. The topological polar surface area (TPSA) is 75.6 Å². The molecule has 4 aliphatic carbocycles. The van der Waals surface area contributed by atoms with E-state index in [1.54, 1.807) is 6.07 Å². The van der Waals surface area contributed by atoms with Gasteiger partial charge in [-0.15, -0.1) is 0 Å². The molecular formula is C48H42N4O. The molecular weight excluding hydrogens is 649 g/mol. The van der Waals surface area contributed by atoms with E-state index < -0.39 is 0 Å². The minimum Gasteiger partial charge on any atom is -0.456 e. The Morgan fingerprint density at radius 3 is 1.55 bits per heavy atom. The average molecular weight is 691 g/mol. The maximum absolute atomic E-state index is 9.34. The zero-order valence-corrected chi connectivity index (χ0v) is 30.6. The van der Waals surface area contributed by atoms with Crippen LogP contribution in [0.1, 0.15) is 76.0 Å². The summed E-state index contributed by atoms with van der Waals surface area (Å²) in [6.07, 6.45) is 8.42. The average Bonchev–Trinajstić information content (AvgIpc) is 3.54. The fraction of sp³-hybridized carbons (Fsp3) is 0.292. The molecule has 260 valence electrons. The first kappa shape index (κ1) is 32.1. The third-order valence-electron chi connectivity index (χ3n) is 12.5. The smallest absolute Gasteiger partial charge is 0.164 e. The van der Waals surface area contributed by atoms with Crippen molar-refractivity contribution in [2.24, 2.45) is 17.8 Å². The molecule has 5 heteroatoms. The van der Waals surface area contributed by atoms with Crippen LogP contribution in [0, 0.1) is 29.1 Å². The van der Waals surface area contributed by atoms with Gasteiger partial charge in [-0.25, -0.2) is 15.0 Å². The molecule has 0 aliphatic heterocycles. The van der Waals surface area contributed by atoms with E-state index in [2.05, 4.69) is 118 Å². The van der Waals surface area contributed by atoms with E-state index in [-0.39, 0.29) is 5.41 Å². The predicted octanol–water partition coefficient (Wildman–Crippen LogP) is 12.1. The van der Waals surface area contributed by atoms with Gasteiger partial charge in [-0.3, -0.25) is 0 Å². The van der Waals surface area contributed by atoms with Gasteiger partial charge in [0.25, 0.3) is 0 Å². The Balaban J connectivity index is 1.00. The lowest BCUT2D eigenvalue weighted by Gasteiger charge is -2.57. The fourth-order valence-corrected chi connectivity index (χ4v) is 10.2. The van der Waals surface area contributed by atoms with Gasteiger partial charge in [-0.2, -0.15) is 5.26 Å². The Bertz CT molecular complexity index is 2530. The van der Waals surface area contributed by atoms with Crippen LogP contribution in [0.5, 0.6) is 0 Å². The summed E-state index contributed by atoms with van der Waals surface area (Å²) in [5.74, 6) is 4.77. The Morgan fingerprint density at radius 2 is 1.02 bits per heavy atom. The van der Waals surface area contributed by atoms with Crippen LogP contribution in [0.4, 0.5) is 0 Å². The molecule has 5 nitrogen and oxygen atoms in total. The van der Waals surface area contributed by atoms with Crippen molar-refractivity contribution >= 4 is 21.9 Å². The van der Waals surface area contributed by atoms with Crippen LogP contribution in [0.3, 0.4) is 0 Å². The van der Waals surface area contributed by atoms with Crippen molar-refractivity contribution in [1.29, 1.82) is 5.26 Å². The molecule has 4 aliphatic rings. The largest absolute Gasteiger partial charge is 0.456 e. The van der Waals surface area contributed by atoms with E-state index in [1.807, 2.05) is 12.1 Å². The highest BCUT2D eigenvalue weighted by molar-refractivity contribution is 6.06. The highest BCUT2D eigenvalue weighted by atomic mass is 16.3. The van der Waals surface area contributed by atoms with Gasteiger partial charge < -0.3 is 4.42 Å². The number of rotatable bonds is 5. The van der Waals surface area contributed by atoms with Crippen molar-refractivity contribution in [3.05, 3.63) is 126 Å². The summed E-state index contributed by atoms with van der Waals surface area (Å²) in [6.45, 7) is 6.70. The third-order valence-corrected chi connectivity index (χ3v) is 12.5. The molecule has 4 bridgehead atoms. The second-order valence-corrected chi connectivity index (χ2v) is 17.1. The van der Waals surface area contributed by atoms with Crippen LogP contribution in [-0.4, -0.2) is 15.0 Å². The molecule has 0 N–H and O–H groups in total. The van der Waals surface area contributed by atoms with Gasteiger partial charge in [0.2, 0.25) is 0 Å². The number of aromatic nitrogens is 3. The summed E-state index contributed by atoms with van der Waals surface area (Å²) in [5, 5.41) is 11.4. The zero-order chi connectivity index (χ0) is 35.9. The summed E-state index contributed by atoms with van der Waals surface area (Å²) >= 11 is 0. The van der Waals surface area contributed by atoms with Crippen molar-refractivity contribution in [3.8, 4) is 51.4 Å². The number of hydrogen-bond donors (Lipinski definition) is 0. The quantitative estimate of drug-likeness (QED) is 0.180. The third kappa shape index (κ3) is 5.64. The lowest BCUT2D eigenvalue weighted by Crippen LogP contribution is -2.48. The molecule has 0 spiro atoms. The molecule has 11 rings (SSSR count). The Morgan fingerprint density at radius 1 is 0.566 bits per heavy atom. The number of furan rings is 1. The minimum atomic E-state index is 0.0595. The molecule has 5 aromatic carbocycles. The van der Waals surface area contributed by atoms with Gasteiger partial charge >= 0.3 is 0 Å². The Hall–Kier alpha value is -5.60. The SMILES string of the molecule is CC(C)(C)c1ccc(-c2nc(-c3ccc(-c4ccc5c(c4)oc4cc(C#N)ccc45)cc3)nc(-c3ccc(C45C[C@H]6C[C@@H](C4)C[C@@H](C5)C6)cc3)n2)cc1. The van der Waals surface area contributed by atoms with Crippen LogP contribution < -0.4 is 0 Å². The molecule has 7 aromatic rings. The van der Waals surface area contributed by atoms with E-state index in [9.17, 15) is 5.26 Å². The molecule has 2 heterocycles. The number of nitriles is 1. The maximum Gasteiger partial charge on any atom is 0.164 e. The second-order valence-electron chi connectivity index (χ2n) is 17.1. The number of hydrogen-bond acceptors (Lipinski definition) is 5. The van der Waals surface area contributed by atoms with Crippen molar-refractivity contribution in [3.63, 3.8) is 0 Å². The molecule has 0 amide bonds. The summed E-state index contributed by atoms with van der Waals surface area (Å²) in [4.78, 5) is 15.2. The molecule has 53 heavy (non-hydrogen) atoms. The predicted molar refractivity (Wildman–Crippen MR) is 212 cm³/mol. The van der Waals surface area contributed by atoms with Crippen molar-refractivity contribution < 1.29 is 4.42 Å². The van der Waals surface area contributed by atoms with E-state index in [1.165, 1.54) is 49.7 Å². The first-order chi connectivity index (χ1) is 25.7. The molecule has 0 atom stereocenters. The van der Waals surface area contributed by atoms with Crippen molar-refractivity contribution in [2.75, 3.05) is 0 Å². The fourth-order valence-electron chi connectivity index (χ4n) is 10.2. The van der Waals surface area contributed by atoms with Crippen LogP contribution >= 0.6 is 0 Å². The summed E-state index contributed by atoms with van der Waals surface area (Å²) < 4.78 is 6.18. The lowest BCUT2D eigenvalue weighted by molar-refractivity contribution is -0.00518. The van der Waals surface area contributed by atoms with E-state index in [0.717, 1.165) is 67.5 Å². The first-order valence-electron chi connectivity index (χ1n) is 19.1. The number of benzene rings is 5. The highest BCUT2D eigenvalue weighted by Gasteiger charge is 2.51. The standard InChI is InChI=1S/C48H42N4O/c1-47(2,3)38-14-9-35(10-15-38)45-50-44(51-46(52-45)36-11-16-39(17-12-36)48-25-30-20-31(26-48)22-32(21-30)27-48)34-7-5-33(6-8-34)37-13-19-41-40-18-4-29(28-49)23-42(40)53-43(41)24-37/h4-19,23-24,30-32H,20-22,25-27H2,1-3H3/t30-,31+,32-,48?. The van der Waals surface area contributed by atoms with Gasteiger partial charge in [0.1, 0.15) is 11.2 Å². The van der Waals surface area contributed by atoms with Gasteiger partial charge in [-0.1, -0.05) is 99.6 Å². The molecule has 2 aromatic heterocycles. The molecule has 0 radical (unpaired) electrons. The van der Waals surface area contributed by atoms with Crippen molar-refractivity contribution in [2.45, 2.75) is 70.1 Å². The van der Waals surface area contributed by atoms with Gasteiger partial charge in [-0.05, 0) is 120 Å². The van der Waals surface area contributed by atoms with Crippen LogP contribution in [0.15, 0.2) is 114 Å². The van der Waals surface area contributed by atoms with Gasteiger partial charge in [0.15, 0.2) is 17.5 Å². The van der Waals surface area contributed by atoms with E-state index in [0.29, 0.717) is 28.5 Å². The van der Waals surface area contributed by atoms with E-state index in [4.69, 9.17) is 19.4 Å². The normalized spacial score (nSPS) is 22.0. The summed E-state index contributed by atoms with van der Waals surface area (Å²) in [6, 6.07) is 40.4.